The van der Waals surface area contributed by atoms with Gasteiger partial charge in [0.05, 0.1) is 25.4 Å². The highest BCUT2D eigenvalue weighted by Gasteiger charge is 2.37. The molecule has 0 saturated carbocycles. The number of methoxy groups -OCH3 is 2. The highest BCUT2D eigenvalue weighted by molar-refractivity contribution is 6.03. The van der Waals surface area contributed by atoms with E-state index in [-0.39, 0.29) is 18.4 Å². The van der Waals surface area contributed by atoms with Crippen LogP contribution in [0.1, 0.15) is 43.0 Å². The van der Waals surface area contributed by atoms with Crippen molar-refractivity contribution in [1.29, 1.82) is 0 Å². The molecule has 4 aromatic rings. The van der Waals surface area contributed by atoms with Gasteiger partial charge in [0.2, 0.25) is 11.8 Å². The van der Waals surface area contributed by atoms with E-state index in [0.717, 1.165) is 23.1 Å². The van der Waals surface area contributed by atoms with Gasteiger partial charge in [0.1, 0.15) is 18.1 Å². The van der Waals surface area contributed by atoms with E-state index in [1.54, 1.807) is 34.9 Å². The van der Waals surface area contributed by atoms with Gasteiger partial charge in [-0.15, -0.1) is 5.10 Å². The van der Waals surface area contributed by atoms with Crippen LogP contribution in [0.15, 0.2) is 60.7 Å². The Morgan fingerprint density at radius 1 is 0.950 bits per heavy atom. The summed E-state index contributed by atoms with van der Waals surface area (Å²) in [5, 5.41) is 11.5. The fourth-order valence-electron chi connectivity index (χ4n) is 4.93. The van der Waals surface area contributed by atoms with Gasteiger partial charge in [-0.2, -0.15) is 0 Å². The van der Waals surface area contributed by atoms with E-state index in [0.29, 0.717) is 40.7 Å². The standard InChI is InChI=1S/C31H37N5O4/c1-20(2)17-18-32-31(38)29(23-13-10-16-26(39-5)30(23)40-6)36(28-21(3)11-9-12-22(28)4)27(37)19-35-25-15-8-7-14-24(25)33-34-35/h7-16,20,29H,17-19H2,1-6H3,(H,32,38)/t29-/m1/s1. The minimum atomic E-state index is -1.04. The van der Waals surface area contributed by atoms with Crippen LogP contribution < -0.4 is 19.7 Å². The van der Waals surface area contributed by atoms with Crippen molar-refractivity contribution in [3.63, 3.8) is 0 Å². The second kappa shape index (κ2) is 12.6. The van der Waals surface area contributed by atoms with Gasteiger partial charge in [-0.1, -0.05) is 61.5 Å². The molecule has 1 heterocycles. The number of rotatable bonds is 11. The number of carbonyl (C=O) groups is 2. The maximum Gasteiger partial charge on any atom is 0.249 e. The number of anilines is 1. The molecule has 1 N–H and O–H groups in total. The van der Waals surface area contributed by atoms with Crippen LogP contribution in [0.3, 0.4) is 0 Å². The number of aryl methyl sites for hydroxylation is 2. The Hall–Kier alpha value is -4.40. The molecule has 0 aliphatic carbocycles. The van der Waals surface area contributed by atoms with Crippen LogP contribution >= 0.6 is 0 Å². The van der Waals surface area contributed by atoms with Crippen LogP contribution in [0.25, 0.3) is 11.0 Å². The van der Waals surface area contributed by atoms with Gasteiger partial charge >= 0.3 is 0 Å². The fraction of sp³-hybridized carbons (Fsp3) is 0.355. The zero-order chi connectivity index (χ0) is 28.8. The van der Waals surface area contributed by atoms with Gasteiger partial charge in [0, 0.05) is 12.1 Å². The molecular weight excluding hydrogens is 506 g/mol. The Morgan fingerprint density at radius 2 is 1.65 bits per heavy atom. The first-order valence-corrected chi connectivity index (χ1v) is 13.4. The molecule has 4 rings (SSSR count). The summed E-state index contributed by atoms with van der Waals surface area (Å²) < 4.78 is 12.9. The summed E-state index contributed by atoms with van der Waals surface area (Å²) in [7, 11) is 3.07. The van der Waals surface area contributed by atoms with Crippen LogP contribution in [0, 0.1) is 19.8 Å². The molecular formula is C31H37N5O4. The Labute approximate surface area is 235 Å². The lowest BCUT2D eigenvalue weighted by Gasteiger charge is -2.34. The molecule has 1 atom stereocenters. The Kier molecular flexibility index (Phi) is 9.04. The number of amides is 2. The molecule has 1 aromatic heterocycles. The molecule has 40 heavy (non-hydrogen) atoms. The topological polar surface area (TPSA) is 98.6 Å². The third-order valence-corrected chi connectivity index (χ3v) is 6.91. The molecule has 210 valence electrons. The molecule has 3 aromatic carbocycles. The third-order valence-electron chi connectivity index (χ3n) is 6.91. The summed E-state index contributed by atoms with van der Waals surface area (Å²) in [6.07, 6.45) is 0.802. The molecule has 0 spiro atoms. The summed E-state index contributed by atoms with van der Waals surface area (Å²) in [6.45, 7) is 8.43. The first-order valence-electron chi connectivity index (χ1n) is 13.4. The van der Waals surface area contributed by atoms with Crippen molar-refractivity contribution >= 4 is 28.5 Å². The lowest BCUT2D eigenvalue weighted by molar-refractivity contribution is -0.127. The number of para-hydroxylation sites is 3. The quantitative estimate of drug-likeness (QED) is 0.286. The van der Waals surface area contributed by atoms with Crippen molar-refractivity contribution in [2.45, 2.75) is 46.7 Å². The second-order valence-corrected chi connectivity index (χ2v) is 10.2. The van der Waals surface area contributed by atoms with E-state index < -0.39 is 6.04 Å². The van der Waals surface area contributed by atoms with Gasteiger partial charge in [-0.25, -0.2) is 4.68 Å². The van der Waals surface area contributed by atoms with Crippen molar-refractivity contribution in [2.75, 3.05) is 25.7 Å². The van der Waals surface area contributed by atoms with E-state index in [2.05, 4.69) is 29.5 Å². The van der Waals surface area contributed by atoms with E-state index in [1.165, 1.54) is 7.11 Å². The van der Waals surface area contributed by atoms with E-state index in [9.17, 15) is 9.59 Å². The largest absolute Gasteiger partial charge is 0.493 e. The summed E-state index contributed by atoms with van der Waals surface area (Å²) in [5.41, 5.74) is 4.31. The third kappa shape index (κ3) is 5.93. The maximum atomic E-state index is 14.4. The van der Waals surface area contributed by atoms with Crippen LogP contribution in [0.2, 0.25) is 0 Å². The summed E-state index contributed by atoms with van der Waals surface area (Å²) in [4.78, 5) is 30.1. The molecule has 0 bridgehead atoms. The van der Waals surface area contributed by atoms with Crippen molar-refractivity contribution in [1.82, 2.24) is 20.3 Å². The zero-order valence-electron chi connectivity index (χ0n) is 24.0. The van der Waals surface area contributed by atoms with Crippen molar-refractivity contribution in [3.8, 4) is 11.5 Å². The van der Waals surface area contributed by atoms with Gasteiger partial charge in [-0.05, 0) is 55.5 Å². The lowest BCUT2D eigenvalue weighted by atomic mass is 9.98. The van der Waals surface area contributed by atoms with Gasteiger partial charge in [0.15, 0.2) is 11.5 Å². The molecule has 0 unspecified atom stereocenters. The Bertz CT molecular complexity index is 1480. The van der Waals surface area contributed by atoms with Gasteiger partial charge < -0.3 is 14.8 Å². The predicted octanol–water partition coefficient (Wildman–Crippen LogP) is 5.00. The number of ether oxygens (including phenoxy) is 2. The van der Waals surface area contributed by atoms with Crippen LogP contribution in [0.4, 0.5) is 5.69 Å². The fourth-order valence-corrected chi connectivity index (χ4v) is 4.93. The van der Waals surface area contributed by atoms with E-state index in [4.69, 9.17) is 9.47 Å². The van der Waals surface area contributed by atoms with Crippen molar-refractivity contribution in [3.05, 3.63) is 77.4 Å². The number of nitrogens with one attached hydrogen (secondary N) is 1. The average Bonchev–Trinajstić information content (AvgIpc) is 3.34. The van der Waals surface area contributed by atoms with Crippen LogP contribution in [-0.4, -0.2) is 47.6 Å². The molecule has 0 radical (unpaired) electrons. The first-order chi connectivity index (χ1) is 19.3. The maximum absolute atomic E-state index is 14.4. The molecule has 9 heteroatoms. The van der Waals surface area contributed by atoms with Gasteiger partial charge in [-0.3, -0.25) is 14.5 Å². The number of aromatic nitrogens is 3. The van der Waals surface area contributed by atoms with Crippen molar-refractivity contribution in [2.24, 2.45) is 5.92 Å². The highest BCUT2D eigenvalue weighted by Crippen LogP contribution is 2.40. The second-order valence-electron chi connectivity index (χ2n) is 10.2. The minimum Gasteiger partial charge on any atom is -0.493 e. The molecule has 0 aliphatic heterocycles. The number of benzene rings is 3. The number of fused-ring (bicyclic) bond motifs is 1. The Balaban J connectivity index is 1.90. The van der Waals surface area contributed by atoms with Crippen molar-refractivity contribution < 1.29 is 19.1 Å². The highest BCUT2D eigenvalue weighted by atomic mass is 16.5. The normalized spacial score (nSPS) is 11.9. The number of hydrogen-bond acceptors (Lipinski definition) is 6. The number of carbonyl (C=O) groups excluding carboxylic acids is 2. The number of nitrogens with zero attached hydrogens (tertiary/aromatic N) is 4. The van der Waals surface area contributed by atoms with Gasteiger partial charge in [0.25, 0.3) is 0 Å². The molecule has 0 aliphatic rings. The SMILES string of the molecule is COc1cccc([C@H](C(=O)NCCC(C)C)N(C(=O)Cn2nnc3ccccc32)c2c(C)cccc2C)c1OC. The zero-order valence-corrected chi connectivity index (χ0v) is 24.0. The summed E-state index contributed by atoms with van der Waals surface area (Å²) in [6, 6.07) is 17.6. The Morgan fingerprint density at radius 3 is 2.33 bits per heavy atom. The van der Waals surface area contributed by atoms with Crippen LogP contribution in [0.5, 0.6) is 11.5 Å². The summed E-state index contributed by atoms with van der Waals surface area (Å²) in [5.74, 6) is 0.635. The predicted molar refractivity (Wildman–Crippen MR) is 156 cm³/mol. The average molecular weight is 544 g/mol. The molecule has 0 fully saturated rings. The molecule has 2 amide bonds. The molecule has 9 nitrogen and oxygen atoms in total. The van der Waals surface area contributed by atoms with E-state index in [1.807, 2.05) is 56.3 Å². The van der Waals surface area contributed by atoms with E-state index >= 15 is 0 Å². The lowest BCUT2D eigenvalue weighted by Crippen LogP contribution is -2.46. The summed E-state index contributed by atoms with van der Waals surface area (Å²) >= 11 is 0. The van der Waals surface area contributed by atoms with Crippen LogP contribution in [-0.2, 0) is 16.1 Å². The minimum absolute atomic E-state index is 0.115. The number of hydrogen-bond donors (Lipinski definition) is 1. The first kappa shape index (κ1) is 28.6. The smallest absolute Gasteiger partial charge is 0.249 e. The molecule has 0 saturated heterocycles. The monoisotopic (exact) mass is 543 g/mol.